The lowest BCUT2D eigenvalue weighted by molar-refractivity contribution is 0.396. The molecule has 0 aliphatic heterocycles. The Bertz CT molecular complexity index is 528. The Labute approximate surface area is 121 Å². The Balaban J connectivity index is 2.93. The van der Waals surface area contributed by atoms with Gasteiger partial charge in [-0.25, -0.2) is 8.42 Å². The molecule has 0 aliphatic rings. The largest absolute Gasteiger partial charge is 0.497 e. The van der Waals surface area contributed by atoms with Crippen LogP contribution in [0.5, 0.6) is 11.5 Å². The normalized spacial score (nSPS) is 13.0. The number of sulfone groups is 1. The van der Waals surface area contributed by atoms with Crippen LogP contribution in [0.2, 0.25) is 0 Å². The van der Waals surface area contributed by atoms with Crippen molar-refractivity contribution in [3.63, 3.8) is 0 Å². The van der Waals surface area contributed by atoms with Gasteiger partial charge in [-0.2, -0.15) is 0 Å². The lowest BCUT2D eigenvalue weighted by Gasteiger charge is -2.17. The molecule has 1 atom stereocenters. The van der Waals surface area contributed by atoms with Crippen LogP contribution in [0.15, 0.2) is 18.2 Å². The van der Waals surface area contributed by atoms with Gasteiger partial charge in [0, 0.05) is 11.6 Å². The van der Waals surface area contributed by atoms with Gasteiger partial charge in [0.05, 0.1) is 25.7 Å². The summed E-state index contributed by atoms with van der Waals surface area (Å²) in [6.07, 6.45) is 1.50. The molecule has 1 aromatic rings. The average Bonchev–Trinajstić information content (AvgIpc) is 2.43. The summed E-state index contributed by atoms with van der Waals surface area (Å²) < 4.78 is 34.3. The zero-order valence-electron chi connectivity index (χ0n) is 12.3. The Morgan fingerprint density at radius 1 is 1.25 bits per heavy atom. The van der Waals surface area contributed by atoms with E-state index in [1.165, 1.54) is 7.11 Å². The van der Waals surface area contributed by atoms with Gasteiger partial charge in [0.15, 0.2) is 9.84 Å². The molecule has 0 heterocycles. The molecule has 20 heavy (non-hydrogen) atoms. The molecule has 1 rings (SSSR count). The van der Waals surface area contributed by atoms with Crippen molar-refractivity contribution in [1.29, 1.82) is 0 Å². The van der Waals surface area contributed by atoms with Crippen molar-refractivity contribution in [2.24, 2.45) is 5.73 Å². The van der Waals surface area contributed by atoms with E-state index in [9.17, 15) is 8.42 Å². The maximum Gasteiger partial charge on any atom is 0.152 e. The minimum absolute atomic E-state index is 0.0868. The quantitative estimate of drug-likeness (QED) is 0.793. The van der Waals surface area contributed by atoms with Crippen LogP contribution in [0.25, 0.3) is 0 Å². The minimum Gasteiger partial charge on any atom is -0.497 e. The number of benzene rings is 1. The molecule has 0 bridgehead atoms. The summed E-state index contributed by atoms with van der Waals surface area (Å²) in [5, 5.41) is 0. The van der Waals surface area contributed by atoms with Crippen LogP contribution in [0.1, 0.15) is 31.4 Å². The molecule has 0 amide bonds. The molecule has 0 aromatic heterocycles. The first kappa shape index (κ1) is 16.8. The molecule has 0 fully saturated rings. The SMILES string of the molecule is CCCCS(=O)(=O)CC(N)c1cc(OC)ccc1OC. The van der Waals surface area contributed by atoms with Crippen molar-refractivity contribution < 1.29 is 17.9 Å². The molecule has 114 valence electrons. The van der Waals surface area contributed by atoms with Crippen LogP contribution < -0.4 is 15.2 Å². The summed E-state index contributed by atoms with van der Waals surface area (Å²) in [5.41, 5.74) is 6.68. The summed E-state index contributed by atoms with van der Waals surface area (Å²) in [7, 11) is -0.0750. The molecule has 0 saturated carbocycles. The maximum atomic E-state index is 12.0. The third-order valence-electron chi connectivity index (χ3n) is 3.08. The summed E-state index contributed by atoms with van der Waals surface area (Å²) in [6.45, 7) is 1.96. The van der Waals surface area contributed by atoms with E-state index in [1.807, 2.05) is 6.92 Å². The number of nitrogens with two attached hydrogens (primary N) is 1. The fraction of sp³-hybridized carbons (Fsp3) is 0.571. The Morgan fingerprint density at radius 2 is 1.95 bits per heavy atom. The highest BCUT2D eigenvalue weighted by atomic mass is 32.2. The Kier molecular flexibility index (Phi) is 6.29. The minimum atomic E-state index is -3.16. The summed E-state index contributed by atoms with van der Waals surface area (Å²) in [4.78, 5) is 0. The average molecular weight is 301 g/mol. The van der Waals surface area contributed by atoms with Crippen LogP contribution in [0.4, 0.5) is 0 Å². The molecular weight excluding hydrogens is 278 g/mol. The first-order chi connectivity index (χ1) is 9.43. The van der Waals surface area contributed by atoms with Gasteiger partial charge < -0.3 is 15.2 Å². The van der Waals surface area contributed by atoms with Gasteiger partial charge in [-0.3, -0.25) is 0 Å². The van der Waals surface area contributed by atoms with Crippen molar-refractivity contribution in [3.8, 4) is 11.5 Å². The van der Waals surface area contributed by atoms with Gasteiger partial charge in [-0.1, -0.05) is 13.3 Å². The number of rotatable bonds is 8. The van der Waals surface area contributed by atoms with E-state index in [0.29, 0.717) is 23.5 Å². The second kappa shape index (κ2) is 7.50. The van der Waals surface area contributed by atoms with E-state index in [0.717, 1.165) is 6.42 Å². The fourth-order valence-corrected chi connectivity index (χ4v) is 3.56. The van der Waals surface area contributed by atoms with Crippen molar-refractivity contribution in [3.05, 3.63) is 23.8 Å². The van der Waals surface area contributed by atoms with Crippen LogP contribution in [-0.2, 0) is 9.84 Å². The zero-order chi connectivity index (χ0) is 15.2. The molecule has 0 radical (unpaired) electrons. The van der Waals surface area contributed by atoms with Gasteiger partial charge in [-0.05, 0) is 24.6 Å². The molecule has 5 nitrogen and oxygen atoms in total. The molecule has 0 saturated heterocycles. The van der Waals surface area contributed by atoms with Gasteiger partial charge in [0.25, 0.3) is 0 Å². The fourth-order valence-electron chi connectivity index (χ4n) is 1.94. The highest BCUT2D eigenvalue weighted by molar-refractivity contribution is 7.91. The summed E-state index contributed by atoms with van der Waals surface area (Å²) in [6, 6.07) is 4.58. The molecule has 0 spiro atoms. The van der Waals surface area contributed by atoms with Crippen molar-refractivity contribution in [2.75, 3.05) is 25.7 Å². The van der Waals surface area contributed by atoms with Crippen molar-refractivity contribution >= 4 is 9.84 Å². The molecule has 2 N–H and O–H groups in total. The predicted molar refractivity (Wildman–Crippen MR) is 80.0 cm³/mol. The van der Waals surface area contributed by atoms with Crippen LogP contribution in [-0.4, -0.2) is 34.1 Å². The second-order valence-corrected chi connectivity index (χ2v) is 6.91. The zero-order valence-corrected chi connectivity index (χ0v) is 13.1. The van der Waals surface area contributed by atoms with Crippen LogP contribution >= 0.6 is 0 Å². The highest BCUT2D eigenvalue weighted by Crippen LogP contribution is 2.29. The van der Waals surface area contributed by atoms with Gasteiger partial charge in [0.2, 0.25) is 0 Å². The number of ether oxygens (including phenoxy) is 2. The van der Waals surface area contributed by atoms with Gasteiger partial charge in [0.1, 0.15) is 11.5 Å². The molecule has 1 unspecified atom stereocenters. The monoisotopic (exact) mass is 301 g/mol. The third kappa shape index (κ3) is 4.68. The number of hydrogen-bond donors (Lipinski definition) is 1. The van der Waals surface area contributed by atoms with Gasteiger partial charge >= 0.3 is 0 Å². The van der Waals surface area contributed by atoms with E-state index < -0.39 is 15.9 Å². The maximum absolute atomic E-state index is 12.0. The van der Waals surface area contributed by atoms with Gasteiger partial charge in [-0.15, -0.1) is 0 Å². The highest BCUT2D eigenvalue weighted by Gasteiger charge is 2.20. The standard InChI is InChI=1S/C14H23NO4S/c1-4-5-8-20(16,17)10-13(15)12-9-11(18-2)6-7-14(12)19-3/h6-7,9,13H,4-5,8,10,15H2,1-3H3. The first-order valence-electron chi connectivity index (χ1n) is 6.61. The number of hydrogen-bond acceptors (Lipinski definition) is 5. The van der Waals surface area contributed by atoms with Crippen molar-refractivity contribution in [1.82, 2.24) is 0 Å². The Hall–Kier alpha value is -1.27. The summed E-state index contributed by atoms with van der Waals surface area (Å²) >= 11 is 0. The molecule has 0 aliphatic carbocycles. The molecule has 1 aromatic carbocycles. The van der Waals surface area contributed by atoms with E-state index in [-0.39, 0.29) is 11.5 Å². The lowest BCUT2D eigenvalue weighted by atomic mass is 10.1. The predicted octanol–water partition coefficient (Wildman–Crippen LogP) is 1.92. The Morgan fingerprint density at radius 3 is 2.50 bits per heavy atom. The van der Waals surface area contributed by atoms with Crippen molar-refractivity contribution in [2.45, 2.75) is 25.8 Å². The lowest BCUT2D eigenvalue weighted by Crippen LogP contribution is -2.24. The summed E-state index contributed by atoms with van der Waals surface area (Å²) in [5.74, 6) is 1.28. The van der Waals surface area contributed by atoms with E-state index >= 15 is 0 Å². The second-order valence-electron chi connectivity index (χ2n) is 4.68. The molecule has 6 heteroatoms. The topological polar surface area (TPSA) is 78.6 Å². The van der Waals surface area contributed by atoms with Crippen LogP contribution in [0, 0.1) is 0 Å². The smallest absolute Gasteiger partial charge is 0.152 e. The third-order valence-corrected chi connectivity index (χ3v) is 4.86. The van der Waals surface area contributed by atoms with Crippen LogP contribution in [0.3, 0.4) is 0 Å². The molecular formula is C14H23NO4S. The number of methoxy groups -OCH3 is 2. The van der Waals surface area contributed by atoms with E-state index in [2.05, 4.69) is 0 Å². The van der Waals surface area contributed by atoms with E-state index in [1.54, 1.807) is 25.3 Å². The van der Waals surface area contributed by atoms with E-state index in [4.69, 9.17) is 15.2 Å². The first-order valence-corrected chi connectivity index (χ1v) is 8.43. The number of unbranched alkanes of at least 4 members (excludes halogenated alkanes) is 1.